The van der Waals surface area contributed by atoms with Gasteiger partial charge in [-0.2, -0.15) is 22.8 Å². The van der Waals surface area contributed by atoms with E-state index in [-0.39, 0.29) is 17.0 Å². The molecule has 0 aliphatic carbocycles. The van der Waals surface area contributed by atoms with Gasteiger partial charge in [0.05, 0.1) is 18.1 Å². The number of fused-ring (bicyclic) bond motifs is 2. The van der Waals surface area contributed by atoms with Crippen LogP contribution in [0.15, 0.2) is 53.3 Å². The summed E-state index contributed by atoms with van der Waals surface area (Å²) in [5.74, 6) is 0.201. The first-order valence-corrected chi connectivity index (χ1v) is 8.04. The zero-order chi connectivity index (χ0) is 19.3. The van der Waals surface area contributed by atoms with Gasteiger partial charge in [0.2, 0.25) is 5.88 Å². The first-order valence-electron chi connectivity index (χ1n) is 8.04. The van der Waals surface area contributed by atoms with Gasteiger partial charge in [-0.15, -0.1) is 0 Å². The highest BCUT2D eigenvalue weighted by atomic mass is 19.4. The van der Waals surface area contributed by atoms with E-state index in [0.29, 0.717) is 11.1 Å². The van der Waals surface area contributed by atoms with Crippen LogP contribution in [0.5, 0.6) is 5.88 Å². The first kappa shape index (κ1) is 17.1. The standard InChI is InChI=1S/C19H14F3N3O2/c1-24-14-6-3-11(9-12(14)4-7-17(24)26)13-5-8-18(27-2)25-15(13)10-16(23-25)19(20,21)22/h3-10H,1-2H3. The fourth-order valence-corrected chi connectivity index (χ4v) is 3.14. The normalized spacial score (nSPS) is 12.0. The zero-order valence-corrected chi connectivity index (χ0v) is 14.4. The van der Waals surface area contributed by atoms with Crippen LogP contribution >= 0.6 is 0 Å². The minimum absolute atomic E-state index is 0.132. The predicted octanol–water partition coefficient (Wildman–Crippen LogP) is 3.88. The van der Waals surface area contributed by atoms with E-state index in [9.17, 15) is 18.0 Å². The number of halogens is 3. The van der Waals surface area contributed by atoms with Crippen LogP contribution in [0.1, 0.15) is 5.69 Å². The Morgan fingerprint density at radius 3 is 2.48 bits per heavy atom. The SMILES string of the molecule is COc1ccc(-c2ccc3c(ccc(=O)n3C)c2)c2cc(C(F)(F)F)nn12. The number of aryl methyl sites for hydroxylation is 1. The smallest absolute Gasteiger partial charge is 0.435 e. The number of nitrogens with zero attached hydrogens (tertiary/aromatic N) is 3. The van der Waals surface area contributed by atoms with Crippen molar-refractivity contribution in [1.29, 1.82) is 0 Å². The van der Waals surface area contributed by atoms with Crippen molar-refractivity contribution in [1.82, 2.24) is 14.2 Å². The van der Waals surface area contributed by atoms with Gasteiger partial charge in [0.15, 0.2) is 5.69 Å². The van der Waals surface area contributed by atoms with Crippen molar-refractivity contribution in [3.05, 3.63) is 64.6 Å². The Balaban J connectivity index is 1.98. The number of aromatic nitrogens is 3. The van der Waals surface area contributed by atoms with E-state index in [0.717, 1.165) is 21.5 Å². The van der Waals surface area contributed by atoms with Crippen molar-refractivity contribution in [3.8, 4) is 17.0 Å². The maximum absolute atomic E-state index is 13.1. The van der Waals surface area contributed by atoms with Crippen LogP contribution in [0.3, 0.4) is 0 Å². The van der Waals surface area contributed by atoms with E-state index in [1.807, 2.05) is 6.07 Å². The van der Waals surface area contributed by atoms with Crippen LogP contribution < -0.4 is 10.3 Å². The Bertz CT molecular complexity index is 1240. The second kappa shape index (κ2) is 5.87. The minimum atomic E-state index is -4.56. The van der Waals surface area contributed by atoms with E-state index in [1.165, 1.54) is 17.7 Å². The molecule has 0 amide bonds. The average molecular weight is 373 g/mol. The van der Waals surface area contributed by atoms with Crippen LogP contribution in [0.4, 0.5) is 13.2 Å². The number of rotatable bonds is 2. The molecule has 0 atom stereocenters. The van der Waals surface area contributed by atoms with Crippen molar-refractivity contribution in [2.75, 3.05) is 7.11 Å². The van der Waals surface area contributed by atoms with Crippen LogP contribution in [0, 0.1) is 0 Å². The van der Waals surface area contributed by atoms with Crippen molar-refractivity contribution >= 4 is 16.4 Å². The molecule has 0 spiro atoms. The number of hydrogen-bond donors (Lipinski definition) is 0. The largest absolute Gasteiger partial charge is 0.481 e. The molecule has 0 bridgehead atoms. The second-order valence-electron chi connectivity index (χ2n) is 6.12. The lowest BCUT2D eigenvalue weighted by Gasteiger charge is -2.10. The van der Waals surface area contributed by atoms with Gasteiger partial charge in [0.25, 0.3) is 5.56 Å². The molecule has 8 heteroatoms. The summed E-state index contributed by atoms with van der Waals surface area (Å²) in [4.78, 5) is 11.8. The van der Waals surface area contributed by atoms with Crippen LogP contribution in [-0.4, -0.2) is 21.3 Å². The number of methoxy groups -OCH3 is 1. The molecule has 138 valence electrons. The lowest BCUT2D eigenvalue weighted by Crippen LogP contribution is -2.14. The molecule has 0 aliphatic heterocycles. The van der Waals surface area contributed by atoms with Gasteiger partial charge in [-0.05, 0) is 41.3 Å². The van der Waals surface area contributed by atoms with Gasteiger partial charge < -0.3 is 9.30 Å². The molecule has 27 heavy (non-hydrogen) atoms. The molecule has 1 aromatic carbocycles. The Kier molecular flexibility index (Phi) is 3.73. The second-order valence-corrected chi connectivity index (χ2v) is 6.12. The van der Waals surface area contributed by atoms with Gasteiger partial charge >= 0.3 is 6.18 Å². The molecule has 5 nitrogen and oxygen atoms in total. The molecular formula is C19H14F3N3O2. The third-order valence-corrected chi connectivity index (χ3v) is 4.52. The third kappa shape index (κ3) is 2.73. The van der Waals surface area contributed by atoms with E-state index >= 15 is 0 Å². The van der Waals surface area contributed by atoms with Gasteiger partial charge in [-0.1, -0.05) is 6.07 Å². The minimum Gasteiger partial charge on any atom is -0.481 e. The van der Waals surface area contributed by atoms with Crippen LogP contribution in [-0.2, 0) is 13.2 Å². The Hall–Kier alpha value is -3.29. The maximum atomic E-state index is 13.1. The molecule has 0 fully saturated rings. The highest BCUT2D eigenvalue weighted by Gasteiger charge is 2.34. The van der Waals surface area contributed by atoms with Crippen molar-refractivity contribution in [2.45, 2.75) is 6.18 Å². The number of ether oxygens (including phenoxy) is 1. The summed E-state index contributed by atoms with van der Waals surface area (Å²) in [7, 11) is 3.04. The van der Waals surface area contributed by atoms with Gasteiger partial charge in [0, 0.05) is 24.7 Å². The van der Waals surface area contributed by atoms with Crippen LogP contribution in [0.25, 0.3) is 27.5 Å². The quantitative estimate of drug-likeness (QED) is 0.536. The van der Waals surface area contributed by atoms with Gasteiger partial charge in [-0.25, -0.2) is 0 Å². The summed E-state index contributed by atoms with van der Waals surface area (Å²) in [6, 6.07) is 12.8. The van der Waals surface area contributed by atoms with Crippen LogP contribution in [0.2, 0.25) is 0 Å². The van der Waals surface area contributed by atoms with E-state index in [1.54, 1.807) is 37.4 Å². The summed E-state index contributed by atoms with van der Waals surface area (Å²) in [5, 5.41) is 4.45. The topological polar surface area (TPSA) is 48.5 Å². The van der Waals surface area contributed by atoms with Crippen molar-refractivity contribution in [3.63, 3.8) is 0 Å². The molecule has 0 N–H and O–H groups in total. The molecule has 0 saturated heterocycles. The molecule has 0 unspecified atom stereocenters. The maximum Gasteiger partial charge on any atom is 0.435 e. The molecule has 3 heterocycles. The zero-order valence-electron chi connectivity index (χ0n) is 14.4. The average Bonchev–Trinajstić information content (AvgIpc) is 3.09. The summed E-state index contributed by atoms with van der Waals surface area (Å²) in [6.45, 7) is 0. The molecule has 3 aromatic heterocycles. The Labute approximate surface area is 151 Å². The summed E-state index contributed by atoms with van der Waals surface area (Å²) in [5.41, 5.74) is 1.19. The van der Waals surface area contributed by atoms with Crippen molar-refractivity contribution < 1.29 is 17.9 Å². The Morgan fingerprint density at radius 2 is 1.78 bits per heavy atom. The van der Waals surface area contributed by atoms with E-state index in [4.69, 9.17) is 4.74 Å². The molecular weight excluding hydrogens is 359 g/mol. The summed E-state index contributed by atoms with van der Waals surface area (Å²) < 4.78 is 47.2. The summed E-state index contributed by atoms with van der Waals surface area (Å²) >= 11 is 0. The number of hydrogen-bond acceptors (Lipinski definition) is 3. The summed E-state index contributed by atoms with van der Waals surface area (Å²) in [6.07, 6.45) is -4.56. The van der Waals surface area contributed by atoms with E-state index < -0.39 is 11.9 Å². The molecule has 0 aliphatic rings. The lowest BCUT2D eigenvalue weighted by atomic mass is 10.0. The highest BCUT2D eigenvalue weighted by Crippen LogP contribution is 2.35. The molecule has 0 radical (unpaired) electrons. The van der Waals surface area contributed by atoms with E-state index in [2.05, 4.69) is 5.10 Å². The number of alkyl halides is 3. The highest BCUT2D eigenvalue weighted by molar-refractivity contribution is 5.89. The lowest BCUT2D eigenvalue weighted by molar-refractivity contribution is -0.141. The first-order chi connectivity index (χ1) is 12.8. The molecule has 4 aromatic rings. The number of benzene rings is 1. The third-order valence-electron chi connectivity index (χ3n) is 4.52. The van der Waals surface area contributed by atoms with Gasteiger partial charge in [-0.3, -0.25) is 4.79 Å². The Morgan fingerprint density at radius 1 is 1.00 bits per heavy atom. The number of pyridine rings is 2. The molecule has 0 saturated carbocycles. The van der Waals surface area contributed by atoms with Crippen molar-refractivity contribution in [2.24, 2.45) is 7.05 Å². The fourth-order valence-electron chi connectivity index (χ4n) is 3.14. The molecule has 4 rings (SSSR count). The predicted molar refractivity (Wildman–Crippen MR) is 94.9 cm³/mol. The van der Waals surface area contributed by atoms with Gasteiger partial charge in [0.1, 0.15) is 0 Å². The monoisotopic (exact) mass is 373 g/mol. The fraction of sp³-hybridized carbons (Fsp3) is 0.158.